The summed E-state index contributed by atoms with van der Waals surface area (Å²) < 4.78 is 10.3. The Bertz CT molecular complexity index is 613. The van der Waals surface area contributed by atoms with E-state index in [1.54, 1.807) is 18.2 Å². The van der Waals surface area contributed by atoms with Crippen molar-refractivity contribution in [1.29, 1.82) is 0 Å². The van der Waals surface area contributed by atoms with E-state index in [4.69, 9.17) is 16.3 Å². The van der Waals surface area contributed by atoms with Gasteiger partial charge >= 0.3 is 5.97 Å². The molecule has 0 radical (unpaired) electrons. The van der Waals surface area contributed by atoms with E-state index in [1.165, 1.54) is 19.4 Å². The molecular weight excluding hydrogens is 266 g/mol. The molecular formula is C14H12ClNO3. The second-order valence-electron chi connectivity index (χ2n) is 3.89. The molecule has 0 amide bonds. The van der Waals surface area contributed by atoms with Crippen LogP contribution in [-0.2, 0) is 4.74 Å². The number of rotatable bonds is 3. The van der Waals surface area contributed by atoms with Crippen LogP contribution < -0.4 is 4.74 Å². The zero-order valence-corrected chi connectivity index (χ0v) is 11.3. The molecule has 1 aromatic carbocycles. The van der Waals surface area contributed by atoms with Crippen molar-refractivity contribution in [3.8, 4) is 11.6 Å². The molecule has 0 bridgehead atoms. The maximum absolute atomic E-state index is 11.4. The topological polar surface area (TPSA) is 48.4 Å². The van der Waals surface area contributed by atoms with Crippen molar-refractivity contribution >= 4 is 17.6 Å². The molecule has 0 fully saturated rings. The van der Waals surface area contributed by atoms with E-state index in [0.29, 0.717) is 22.2 Å². The van der Waals surface area contributed by atoms with E-state index in [0.717, 1.165) is 5.56 Å². The van der Waals surface area contributed by atoms with Gasteiger partial charge < -0.3 is 9.47 Å². The minimum atomic E-state index is -0.435. The van der Waals surface area contributed by atoms with Crippen LogP contribution in [-0.4, -0.2) is 18.1 Å². The highest BCUT2D eigenvalue weighted by atomic mass is 35.5. The van der Waals surface area contributed by atoms with Crippen molar-refractivity contribution in [3.63, 3.8) is 0 Å². The van der Waals surface area contributed by atoms with Crippen LogP contribution in [0.2, 0.25) is 5.02 Å². The van der Waals surface area contributed by atoms with Gasteiger partial charge in [-0.05, 0) is 30.7 Å². The minimum absolute atomic E-state index is 0.313. The van der Waals surface area contributed by atoms with E-state index in [2.05, 4.69) is 9.72 Å². The molecule has 0 unspecified atom stereocenters. The molecule has 0 saturated carbocycles. The molecule has 0 aliphatic carbocycles. The van der Waals surface area contributed by atoms with Crippen LogP contribution in [0, 0.1) is 6.92 Å². The average molecular weight is 278 g/mol. The number of methoxy groups -OCH3 is 1. The lowest BCUT2D eigenvalue weighted by molar-refractivity contribution is 0.0600. The number of carbonyl (C=O) groups is 1. The maximum atomic E-state index is 11.4. The van der Waals surface area contributed by atoms with Gasteiger partial charge in [-0.25, -0.2) is 9.78 Å². The van der Waals surface area contributed by atoms with E-state index in [-0.39, 0.29) is 0 Å². The number of hydrogen-bond donors (Lipinski definition) is 0. The van der Waals surface area contributed by atoms with Crippen LogP contribution in [0.1, 0.15) is 15.9 Å². The fourth-order valence-electron chi connectivity index (χ4n) is 1.51. The Morgan fingerprint density at radius 1 is 1.26 bits per heavy atom. The number of aryl methyl sites for hydroxylation is 1. The number of aromatic nitrogens is 1. The van der Waals surface area contributed by atoms with Gasteiger partial charge in [0, 0.05) is 17.3 Å². The van der Waals surface area contributed by atoms with Gasteiger partial charge in [0.1, 0.15) is 5.75 Å². The van der Waals surface area contributed by atoms with E-state index >= 15 is 0 Å². The lowest BCUT2D eigenvalue weighted by atomic mass is 10.2. The van der Waals surface area contributed by atoms with Crippen molar-refractivity contribution in [3.05, 3.63) is 52.7 Å². The van der Waals surface area contributed by atoms with Gasteiger partial charge in [0.2, 0.25) is 5.88 Å². The molecule has 2 rings (SSSR count). The van der Waals surface area contributed by atoms with Crippen LogP contribution in [0.4, 0.5) is 0 Å². The van der Waals surface area contributed by atoms with Crippen molar-refractivity contribution in [2.24, 2.45) is 0 Å². The van der Waals surface area contributed by atoms with Crippen LogP contribution >= 0.6 is 11.6 Å². The maximum Gasteiger partial charge on any atom is 0.338 e. The molecule has 0 atom stereocenters. The van der Waals surface area contributed by atoms with E-state index < -0.39 is 5.97 Å². The lowest BCUT2D eigenvalue weighted by Crippen LogP contribution is -2.02. The minimum Gasteiger partial charge on any atom is -0.465 e. The van der Waals surface area contributed by atoms with E-state index in [1.807, 2.05) is 13.0 Å². The highest BCUT2D eigenvalue weighted by molar-refractivity contribution is 6.30. The van der Waals surface area contributed by atoms with Crippen LogP contribution in [0.3, 0.4) is 0 Å². The Hall–Kier alpha value is -2.07. The molecule has 98 valence electrons. The molecule has 0 spiro atoms. The Balaban J connectivity index is 2.28. The first kappa shape index (κ1) is 13.4. The van der Waals surface area contributed by atoms with Gasteiger partial charge in [-0.2, -0.15) is 0 Å². The summed E-state index contributed by atoms with van der Waals surface area (Å²) in [7, 11) is 1.32. The lowest BCUT2D eigenvalue weighted by Gasteiger charge is -2.08. The van der Waals surface area contributed by atoms with Crippen molar-refractivity contribution < 1.29 is 14.3 Å². The van der Waals surface area contributed by atoms with Crippen molar-refractivity contribution in [2.75, 3.05) is 7.11 Å². The zero-order chi connectivity index (χ0) is 13.8. The SMILES string of the molecule is COC(=O)c1ccnc(Oc2cc(Cl)ccc2C)c1. The van der Waals surface area contributed by atoms with Crippen LogP contribution in [0.25, 0.3) is 0 Å². The Kier molecular flexibility index (Phi) is 4.02. The number of benzene rings is 1. The van der Waals surface area contributed by atoms with Gasteiger partial charge in [-0.3, -0.25) is 0 Å². The van der Waals surface area contributed by atoms with Gasteiger partial charge in [-0.1, -0.05) is 17.7 Å². The fourth-order valence-corrected chi connectivity index (χ4v) is 1.67. The molecule has 4 nitrogen and oxygen atoms in total. The second-order valence-corrected chi connectivity index (χ2v) is 4.32. The summed E-state index contributed by atoms with van der Waals surface area (Å²) in [6.45, 7) is 1.90. The smallest absolute Gasteiger partial charge is 0.338 e. The molecule has 1 heterocycles. The first-order chi connectivity index (χ1) is 9.10. The first-order valence-electron chi connectivity index (χ1n) is 5.58. The third kappa shape index (κ3) is 3.23. The van der Waals surface area contributed by atoms with Gasteiger partial charge in [0.15, 0.2) is 0 Å². The monoisotopic (exact) mass is 277 g/mol. The molecule has 0 saturated heterocycles. The van der Waals surface area contributed by atoms with Crippen LogP contribution in [0.5, 0.6) is 11.6 Å². The summed E-state index contributed by atoms with van der Waals surface area (Å²) in [5, 5.41) is 0.574. The summed E-state index contributed by atoms with van der Waals surface area (Å²) in [6.07, 6.45) is 1.49. The second kappa shape index (κ2) is 5.71. The Labute approximate surface area is 115 Å². The summed E-state index contributed by atoms with van der Waals surface area (Å²) in [5.41, 5.74) is 1.31. The number of ether oxygens (including phenoxy) is 2. The fraction of sp³-hybridized carbons (Fsp3) is 0.143. The first-order valence-corrected chi connectivity index (χ1v) is 5.96. The van der Waals surface area contributed by atoms with Gasteiger partial charge in [0.05, 0.1) is 12.7 Å². The molecule has 0 N–H and O–H groups in total. The molecule has 5 heteroatoms. The van der Waals surface area contributed by atoms with E-state index in [9.17, 15) is 4.79 Å². The third-order valence-electron chi connectivity index (χ3n) is 2.52. The Morgan fingerprint density at radius 2 is 2.05 bits per heavy atom. The zero-order valence-electron chi connectivity index (χ0n) is 10.5. The highest BCUT2D eigenvalue weighted by Gasteiger charge is 2.09. The van der Waals surface area contributed by atoms with Crippen LogP contribution in [0.15, 0.2) is 36.5 Å². The predicted molar refractivity (Wildman–Crippen MR) is 71.8 cm³/mol. The van der Waals surface area contributed by atoms with Crippen molar-refractivity contribution in [2.45, 2.75) is 6.92 Å². The summed E-state index contributed by atoms with van der Waals surface area (Å²) in [6, 6.07) is 8.41. The molecule has 2 aromatic rings. The molecule has 1 aromatic heterocycles. The predicted octanol–water partition coefficient (Wildman–Crippen LogP) is 3.62. The van der Waals surface area contributed by atoms with Gasteiger partial charge in [-0.15, -0.1) is 0 Å². The number of esters is 1. The quantitative estimate of drug-likeness (QED) is 0.804. The standard InChI is InChI=1S/C14H12ClNO3/c1-9-3-4-11(15)8-12(9)19-13-7-10(5-6-16-13)14(17)18-2/h3-8H,1-2H3. The number of halogens is 1. The van der Waals surface area contributed by atoms with Crippen molar-refractivity contribution in [1.82, 2.24) is 4.98 Å². The number of hydrogen-bond acceptors (Lipinski definition) is 4. The summed E-state index contributed by atoms with van der Waals surface area (Å²) >= 11 is 5.91. The largest absolute Gasteiger partial charge is 0.465 e. The Morgan fingerprint density at radius 3 is 2.79 bits per heavy atom. The number of pyridine rings is 1. The molecule has 0 aliphatic rings. The summed E-state index contributed by atoms with van der Waals surface area (Å²) in [5.74, 6) is 0.477. The number of carbonyl (C=O) groups excluding carboxylic acids is 1. The third-order valence-corrected chi connectivity index (χ3v) is 2.76. The summed E-state index contributed by atoms with van der Waals surface area (Å²) in [4.78, 5) is 15.5. The molecule has 0 aliphatic heterocycles. The molecule has 19 heavy (non-hydrogen) atoms. The highest BCUT2D eigenvalue weighted by Crippen LogP contribution is 2.27. The number of nitrogens with zero attached hydrogens (tertiary/aromatic N) is 1. The van der Waals surface area contributed by atoms with Gasteiger partial charge in [0.25, 0.3) is 0 Å². The normalized spacial score (nSPS) is 10.1. The average Bonchev–Trinajstić information content (AvgIpc) is 2.42.